The zero-order chi connectivity index (χ0) is 21.8. The van der Waals surface area contributed by atoms with Gasteiger partial charge in [-0.15, -0.1) is 0 Å². The number of hydrogen-bond donors (Lipinski definition) is 0. The molecule has 0 radical (unpaired) electrons. The molecule has 0 saturated heterocycles. The molecule has 0 N–H and O–H groups in total. The molecular formula is C23H24N4O4. The molecule has 160 valence electrons. The van der Waals surface area contributed by atoms with Gasteiger partial charge >= 0.3 is 0 Å². The summed E-state index contributed by atoms with van der Waals surface area (Å²) in [7, 11) is 1.60. The van der Waals surface area contributed by atoms with Crippen LogP contribution in [-0.2, 0) is 4.79 Å². The van der Waals surface area contributed by atoms with Crippen LogP contribution in [0.3, 0.4) is 0 Å². The number of carbonyl (C=O) groups excluding carboxylic acids is 1. The van der Waals surface area contributed by atoms with Crippen LogP contribution in [0, 0.1) is 16.0 Å². The van der Waals surface area contributed by atoms with Crippen molar-refractivity contribution in [2.24, 2.45) is 16.0 Å². The van der Waals surface area contributed by atoms with Crippen LogP contribution >= 0.6 is 0 Å². The first kappa shape index (κ1) is 20.7. The SMILES string of the molecule is COc1ccc(C2=NN(c3ccc([N+](=O)[O-])cc3)C(=O)[C@@H]2C=NC2CCCCC2)cc1. The molecule has 1 amide bonds. The molecular weight excluding hydrogens is 396 g/mol. The lowest BCUT2D eigenvalue weighted by Crippen LogP contribution is -2.29. The molecule has 0 unspecified atom stereocenters. The molecule has 31 heavy (non-hydrogen) atoms. The summed E-state index contributed by atoms with van der Waals surface area (Å²) >= 11 is 0. The number of anilines is 1. The largest absolute Gasteiger partial charge is 0.497 e. The molecule has 1 heterocycles. The van der Waals surface area contributed by atoms with Gasteiger partial charge in [-0.1, -0.05) is 19.3 Å². The highest BCUT2D eigenvalue weighted by molar-refractivity contribution is 6.29. The van der Waals surface area contributed by atoms with Gasteiger partial charge in [-0.2, -0.15) is 10.1 Å². The van der Waals surface area contributed by atoms with E-state index in [0.717, 1.165) is 31.2 Å². The van der Waals surface area contributed by atoms with Gasteiger partial charge < -0.3 is 4.74 Å². The quantitative estimate of drug-likeness (QED) is 0.394. The van der Waals surface area contributed by atoms with E-state index < -0.39 is 10.8 Å². The monoisotopic (exact) mass is 420 g/mol. The molecule has 8 nitrogen and oxygen atoms in total. The summed E-state index contributed by atoms with van der Waals surface area (Å²) in [5.74, 6) is -0.113. The van der Waals surface area contributed by atoms with Crippen LogP contribution < -0.4 is 9.75 Å². The number of methoxy groups -OCH3 is 1. The van der Waals surface area contributed by atoms with E-state index in [-0.39, 0.29) is 17.6 Å². The Balaban J connectivity index is 1.66. The summed E-state index contributed by atoms with van der Waals surface area (Å²) in [5.41, 5.74) is 1.85. The van der Waals surface area contributed by atoms with Gasteiger partial charge in [0.05, 0.1) is 23.4 Å². The molecule has 0 spiro atoms. The van der Waals surface area contributed by atoms with Gasteiger partial charge in [-0.3, -0.25) is 19.9 Å². The third kappa shape index (κ3) is 4.47. The second kappa shape index (κ2) is 9.07. The Kier molecular flexibility index (Phi) is 6.06. The lowest BCUT2D eigenvalue weighted by molar-refractivity contribution is -0.384. The second-order valence-electron chi connectivity index (χ2n) is 7.70. The van der Waals surface area contributed by atoms with Crippen molar-refractivity contribution in [3.05, 3.63) is 64.2 Å². The Bertz CT molecular complexity index is 1010. The van der Waals surface area contributed by atoms with Crippen molar-refractivity contribution in [3.63, 3.8) is 0 Å². The van der Waals surface area contributed by atoms with Crippen molar-refractivity contribution in [1.29, 1.82) is 0 Å². The first-order valence-corrected chi connectivity index (χ1v) is 10.4. The van der Waals surface area contributed by atoms with Crippen LogP contribution in [0.15, 0.2) is 58.6 Å². The zero-order valence-electron chi connectivity index (χ0n) is 17.3. The molecule has 2 aromatic carbocycles. The van der Waals surface area contributed by atoms with Crippen LogP contribution in [0.25, 0.3) is 0 Å². The number of aliphatic imine (C=N–C) groups is 1. The molecule has 0 bridgehead atoms. The Morgan fingerprint density at radius 1 is 1.10 bits per heavy atom. The number of nitrogens with zero attached hydrogens (tertiary/aromatic N) is 4. The maximum Gasteiger partial charge on any atom is 0.269 e. The molecule has 1 aliphatic carbocycles. The number of nitro groups is 1. The maximum absolute atomic E-state index is 13.3. The van der Waals surface area contributed by atoms with Gasteiger partial charge in [0.2, 0.25) is 0 Å². The fourth-order valence-corrected chi connectivity index (χ4v) is 3.94. The van der Waals surface area contributed by atoms with Crippen molar-refractivity contribution < 1.29 is 14.5 Å². The molecule has 2 aliphatic rings. The number of nitro benzene ring substituents is 1. The van der Waals surface area contributed by atoms with Crippen LogP contribution in [0.2, 0.25) is 0 Å². The predicted octanol–water partition coefficient (Wildman–Crippen LogP) is 4.37. The third-order valence-corrected chi connectivity index (χ3v) is 5.69. The smallest absolute Gasteiger partial charge is 0.269 e. The molecule has 8 heteroatoms. The lowest BCUT2D eigenvalue weighted by Gasteiger charge is -2.18. The topological polar surface area (TPSA) is 97.4 Å². The average Bonchev–Trinajstić information content (AvgIpc) is 3.14. The Hall–Kier alpha value is -3.55. The van der Waals surface area contributed by atoms with Gasteiger partial charge in [0.15, 0.2) is 0 Å². The van der Waals surface area contributed by atoms with Crippen molar-refractivity contribution in [2.75, 3.05) is 12.1 Å². The minimum Gasteiger partial charge on any atom is -0.497 e. The fourth-order valence-electron chi connectivity index (χ4n) is 3.94. The number of hydrazone groups is 1. The highest BCUT2D eigenvalue weighted by atomic mass is 16.6. The summed E-state index contributed by atoms with van der Waals surface area (Å²) in [6.45, 7) is 0. The van der Waals surface area contributed by atoms with Crippen molar-refractivity contribution in [3.8, 4) is 5.75 Å². The Labute approximate surface area is 180 Å². The number of carbonyl (C=O) groups is 1. The predicted molar refractivity (Wildman–Crippen MR) is 119 cm³/mol. The molecule has 0 aromatic heterocycles. The van der Waals surface area contributed by atoms with Gasteiger partial charge in [0.1, 0.15) is 11.7 Å². The van der Waals surface area contributed by atoms with Gasteiger partial charge in [0, 0.05) is 24.4 Å². The summed E-state index contributed by atoms with van der Waals surface area (Å²) in [5, 5.41) is 16.8. The lowest BCUT2D eigenvalue weighted by atomic mass is 9.95. The molecule has 1 atom stereocenters. The van der Waals surface area contributed by atoms with Crippen molar-refractivity contribution >= 4 is 29.2 Å². The number of amides is 1. The number of hydrogen-bond acceptors (Lipinski definition) is 6. The van der Waals surface area contributed by atoms with Gasteiger partial charge in [-0.05, 0) is 54.8 Å². The fraction of sp³-hybridized carbons (Fsp3) is 0.348. The van der Waals surface area contributed by atoms with Crippen molar-refractivity contribution in [1.82, 2.24) is 0 Å². The maximum atomic E-state index is 13.3. The van der Waals surface area contributed by atoms with Crippen LogP contribution in [0.1, 0.15) is 37.7 Å². The summed E-state index contributed by atoms with van der Waals surface area (Å²) < 4.78 is 5.23. The zero-order valence-corrected chi connectivity index (χ0v) is 17.3. The summed E-state index contributed by atoms with van der Waals surface area (Å²) in [4.78, 5) is 28.5. The Morgan fingerprint density at radius 2 is 1.77 bits per heavy atom. The second-order valence-corrected chi connectivity index (χ2v) is 7.70. The molecule has 1 aliphatic heterocycles. The van der Waals surface area contributed by atoms with Crippen LogP contribution in [-0.4, -0.2) is 35.9 Å². The van der Waals surface area contributed by atoms with E-state index in [4.69, 9.17) is 9.73 Å². The minimum absolute atomic E-state index is 0.0369. The number of benzene rings is 2. The van der Waals surface area contributed by atoms with Crippen molar-refractivity contribution in [2.45, 2.75) is 38.1 Å². The first-order chi connectivity index (χ1) is 15.1. The van der Waals surface area contributed by atoms with Crippen LogP contribution in [0.4, 0.5) is 11.4 Å². The van der Waals surface area contributed by atoms with E-state index >= 15 is 0 Å². The highest BCUT2D eigenvalue weighted by Crippen LogP contribution is 2.29. The van der Waals surface area contributed by atoms with E-state index in [1.54, 1.807) is 13.3 Å². The van der Waals surface area contributed by atoms with Crippen LogP contribution in [0.5, 0.6) is 5.75 Å². The highest BCUT2D eigenvalue weighted by Gasteiger charge is 2.36. The third-order valence-electron chi connectivity index (χ3n) is 5.69. The van der Waals surface area contributed by atoms with E-state index in [1.807, 2.05) is 24.3 Å². The van der Waals surface area contributed by atoms with Gasteiger partial charge in [-0.25, -0.2) is 0 Å². The average molecular weight is 420 g/mol. The summed E-state index contributed by atoms with van der Waals surface area (Å²) in [6.07, 6.45) is 7.37. The van der Waals surface area contributed by atoms with E-state index in [1.165, 1.54) is 35.7 Å². The summed E-state index contributed by atoms with van der Waals surface area (Å²) in [6, 6.07) is 13.4. The van der Waals surface area contributed by atoms with E-state index in [2.05, 4.69) is 5.10 Å². The first-order valence-electron chi connectivity index (χ1n) is 10.4. The molecule has 1 saturated carbocycles. The Morgan fingerprint density at radius 3 is 2.39 bits per heavy atom. The minimum atomic E-state index is -0.606. The number of ether oxygens (including phenoxy) is 1. The van der Waals surface area contributed by atoms with Gasteiger partial charge in [0.25, 0.3) is 11.6 Å². The number of rotatable bonds is 6. The normalized spacial score (nSPS) is 19.6. The molecule has 4 rings (SSSR count). The molecule has 1 fully saturated rings. The van der Waals surface area contributed by atoms with E-state index in [9.17, 15) is 14.9 Å². The molecule has 2 aromatic rings. The standard InChI is InChI=1S/C23H24N4O4/c1-31-20-13-7-16(8-14-20)22-21(15-24-17-5-3-2-4-6-17)23(28)26(25-22)18-9-11-19(12-10-18)27(29)30/h7-15,17,21H,2-6H2,1H3/t21-/m1/s1. The number of non-ortho nitro benzene ring substituents is 1. The van der Waals surface area contributed by atoms with E-state index in [0.29, 0.717) is 17.1 Å².